The molecule has 0 radical (unpaired) electrons. The fourth-order valence-electron chi connectivity index (χ4n) is 1.06. The lowest BCUT2D eigenvalue weighted by atomic mass is 10.0. The molecule has 0 fully saturated rings. The second-order valence-electron chi connectivity index (χ2n) is 3.14. The second-order valence-corrected chi connectivity index (χ2v) is 3.27. The number of carbonyl (C=O) groups is 1. The summed E-state index contributed by atoms with van der Waals surface area (Å²) in [4.78, 5) is 10.3. The van der Waals surface area contributed by atoms with Crippen molar-refractivity contribution in [2.45, 2.75) is 19.1 Å². The Morgan fingerprint density at radius 1 is 1.31 bits per heavy atom. The molecule has 0 aromatic heterocycles. The fourth-order valence-corrected chi connectivity index (χ4v) is 1.06. The van der Waals surface area contributed by atoms with E-state index in [0.29, 0.717) is 11.8 Å². The van der Waals surface area contributed by atoms with Gasteiger partial charge in [-0.25, -0.2) is 0 Å². The maximum atomic E-state index is 10.3. The van der Waals surface area contributed by atoms with Crippen LogP contribution in [-0.2, 0) is 16.4 Å². The molecule has 88 valence electrons. The number of hydrogen-bond acceptors (Lipinski definition) is 5. The van der Waals surface area contributed by atoms with Gasteiger partial charge in [0.1, 0.15) is 12.4 Å². The van der Waals surface area contributed by atoms with Crippen molar-refractivity contribution in [1.29, 1.82) is 0 Å². The first-order valence-electron chi connectivity index (χ1n) is 4.44. The van der Waals surface area contributed by atoms with Gasteiger partial charge in [0.25, 0.3) is 0 Å². The van der Waals surface area contributed by atoms with Gasteiger partial charge in [0, 0.05) is 0 Å². The minimum atomic E-state index is -0.905. The number of hydrogen-bond donors (Lipinski definition) is 2. The summed E-state index contributed by atoms with van der Waals surface area (Å²) in [6, 6.07) is 6.43. The average molecular weight is 243 g/mol. The van der Waals surface area contributed by atoms with Gasteiger partial charge >= 0.3 is 11.6 Å². The molecular weight excluding hydrogens is 230 g/mol. The van der Waals surface area contributed by atoms with E-state index in [-0.39, 0.29) is 0 Å². The van der Waals surface area contributed by atoms with E-state index in [4.69, 9.17) is 14.2 Å². The van der Waals surface area contributed by atoms with Gasteiger partial charge in [-0.2, -0.15) is 8.42 Å². The SMILES string of the molecule is Cc1ccc([C@@H](O)[C@H](N)C=O)cc1.O=S=O. The smallest absolute Gasteiger partial charge is 0.335 e. The highest BCUT2D eigenvalue weighted by atomic mass is 32.1. The number of aldehydes is 1. The third-order valence-electron chi connectivity index (χ3n) is 1.94. The Balaban J connectivity index is 0.000000673. The maximum absolute atomic E-state index is 10.3. The molecule has 1 rings (SSSR count). The lowest BCUT2D eigenvalue weighted by Gasteiger charge is -2.13. The molecule has 0 saturated carbocycles. The predicted octanol–water partition coefficient (Wildman–Crippen LogP) is -0.116. The number of aryl methyl sites for hydroxylation is 1. The molecule has 0 heterocycles. The van der Waals surface area contributed by atoms with Crippen molar-refractivity contribution in [2.75, 3.05) is 0 Å². The number of benzene rings is 1. The molecule has 0 aliphatic rings. The van der Waals surface area contributed by atoms with Gasteiger partial charge < -0.3 is 15.6 Å². The second kappa shape index (κ2) is 7.86. The Labute approximate surface area is 96.9 Å². The molecule has 0 unspecified atom stereocenters. The van der Waals surface area contributed by atoms with Crippen molar-refractivity contribution in [1.82, 2.24) is 0 Å². The molecule has 0 aliphatic heterocycles. The molecule has 0 amide bonds. The van der Waals surface area contributed by atoms with Crippen LogP contribution in [0.3, 0.4) is 0 Å². The Morgan fingerprint density at radius 2 is 1.75 bits per heavy atom. The normalized spacial score (nSPS) is 12.9. The summed E-state index contributed by atoms with van der Waals surface area (Å²) in [5, 5.41) is 9.52. The first kappa shape index (κ1) is 14.6. The summed E-state index contributed by atoms with van der Waals surface area (Å²) >= 11 is -0.750. The van der Waals surface area contributed by atoms with Gasteiger partial charge in [-0.3, -0.25) is 0 Å². The topological polar surface area (TPSA) is 97.5 Å². The predicted molar refractivity (Wildman–Crippen MR) is 59.1 cm³/mol. The third kappa shape index (κ3) is 4.92. The summed E-state index contributed by atoms with van der Waals surface area (Å²) in [5.74, 6) is 0. The molecule has 3 N–H and O–H groups in total. The van der Waals surface area contributed by atoms with Crippen LogP contribution in [0, 0.1) is 6.92 Å². The molecule has 6 heteroatoms. The van der Waals surface area contributed by atoms with E-state index in [9.17, 15) is 9.90 Å². The first-order valence-corrected chi connectivity index (χ1v) is 5.10. The van der Waals surface area contributed by atoms with E-state index in [2.05, 4.69) is 0 Å². The van der Waals surface area contributed by atoms with Crippen LogP contribution in [-0.4, -0.2) is 25.9 Å². The lowest BCUT2D eigenvalue weighted by molar-refractivity contribution is -0.111. The van der Waals surface area contributed by atoms with E-state index in [1.165, 1.54) is 0 Å². The molecule has 16 heavy (non-hydrogen) atoms. The summed E-state index contributed by atoms with van der Waals surface area (Å²) < 4.78 is 16.6. The summed E-state index contributed by atoms with van der Waals surface area (Å²) in [5.41, 5.74) is 7.15. The number of nitrogens with two attached hydrogens (primary N) is 1. The zero-order valence-electron chi connectivity index (χ0n) is 8.70. The molecule has 0 bridgehead atoms. The van der Waals surface area contributed by atoms with E-state index in [1.54, 1.807) is 12.1 Å². The van der Waals surface area contributed by atoms with E-state index in [0.717, 1.165) is 5.56 Å². The number of rotatable bonds is 3. The van der Waals surface area contributed by atoms with E-state index < -0.39 is 23.7 Å². The van der Waals surface area contributed by atoms with Crippen LogP contribution in [0.5, 0.6) is 0 Å². The fraction of sp³-hybridized carbons (Fsp3) is 0.300. The van der Waals surface area contributed by atoms with Crippen LogP contribution in [0.2, 0.25) is 0 Å². The summed E-state index contributed by atoms with van der Waals surface area (Å²) in [6.07, 6.45) is -0.358. The van der Waals surface area contributed by atoms with E-state index >= 15 is 0 Å². The minimum Gasteiger partial charge on any atom is -0.386 e. The van der Waals surface area contributed by atoms with Gasteiger partial charge in [0.15, 0.2) is 0 Å². The van der Waals surface area contributed by atoms with Crippen LogP contribution in [0.1, 0.15) is 17.2 Å². The Kier molecular flexibility index (Phi) is 7.19. The van der Waals surface area contributed by atoms with E-state index in [1.807, 2.05) is 19.1 Å². The molecule has 0 saturated heterocycles. The standard InChI is InChI=1S/C10H13NO2.O2S/c1-7-2-4-8(5-3-7)10(13)9(11)6-12;1-3-2/h2-6,9-10,13H,11H2,1H3;/t9-,10-;/m1./s1. The van der Waals surface area contributed by atoms with Gasteiger partial charge in [-0.15, -0.1) is 0 Å². The quantitative estimate of drug-likeness (QED) is 0.721. The number of carbonyl (C=O) groups excluding carboxylic acids is 1. The number of aliphatic hydroxyl groups is 1. The Bertz CT molecular complexity index is 360. The molecule has 1 aromatic carbocycles. The monoisotopic (exact) mass is 243 g/mol. The van der Waals surface area contributed by atoms with Gasteiger partial charge in [-0.05, 0) is 12.5 Å². The van der Waals surface area contributed by atoms with Crippen molar-refractivity contribution in [3.8, 4) is 0 Å². The summed E-state index contributed by atoms with van der Waals surface area (Å²) in [6.45, 7) is 1.95. The zero-order valence-corrected chi connectivity index (χ0v) is 9.52. The molecule has 2 atom stereocenters. The van der Waals surface area contributed by atoms with Crippen molar-refractivity contribution < 1.29 is 18.3 Å². The van der Waals surface area contributed by atoms with Crippen molar-refractivity contribution in [2.24, 2.45) is 5.73 Å². The highest BCUT2D eigenvalue weighted by Crippen LogP contribution is 2.14. The van der Waals surface area contributed by atoms with Gasteiger partial charge in [0.05, 0.1) is 6.04 Å². The molecule has 0 aliphatic carbocycles. The molecule has 0 spiro atoms. The Hall–Kier alpha value is -1.37. The number of aliphatic hydroxyl groups excluding tert-OH is 1. The maximum Gasteiger partial charge on any atom is 0.335 e. The average Bonchev–Trinajstić information content (AvgIpc) is 2.29. The van der Waals surface area contributed by atoms with Crippen molar-refractivity contribution in [3.63, 3.8) is 0 Å². The molecule has 1 aromatic rings. The van der Waals surface area contributed by atoms with Crippen LogP contribution in [0.15, 0.2) is 24.3 Å². The van der Waals surface area contributed by atoms with Crippen LogP contribution < -0.4 is 5.73 Å². The van der Waals surface area contributed by atoms with Crippen LogP contribution >= 0.6 is 0 Å². The van der Waals surface area contributed by atoms with Crippen LogP contribution in [0.4, 0.5) is 0 Å². The molecular formula is C10H13NO4S. The Morgan fingerprint density at radius 3 is 2.12 bits per heavy atom. The molecule has 5 nitrogen and oxygen atoms in total. The zero-order chi connectivity index (χ0) is 12.6. The highest BCUT2D eigenvalue weighted by molar-refractivity contribution is 7.51. The minimum absolute atomic E-state index is 0.546. The van der Waals surface area contributed by atoms with Crippen LogP contribution in [0.25, 0.3) is 0 Å². The first-order chi connectivity index (χ1) is 7.56. The van der Waals surface area contributed by atoms with Gasteiger partial charge in [0.2, 0.25) is 0 Å². The summed E-state index contributed by atoms with van der Waals surface area (Å²) in [7, 11) is 0. The van der Waals surface area contributed by atoms with Gasteiger partial charge in [-0.1, -0.05) is 29.8 Å². The largest absolute Gasteiger partial charge is 0.386 e. The highest BCUT2D eigenvalue weighted by Gasteiger charge is 2.15. The lowest BCUT2D eigenvalue weighted by Crippen LogP contribution is -2.29. The van der Waals surface area contributed by atoms with Crippen molar-refractivity contribution in [3.05, 3.63) is 35.4 Å². The third-order valence-corrected chi connectivity index (χ3v) is 1.94. The van der Waals surface area contributed by atoms with Crippen molar-refractivity contribution >= 4 is 17.9 Å².